The van der Waals surface area contributed by atoms with Crippen LogP contribution in [0.25, 0.3) is 0 Å². The standard InChI is InChI=1S/C37H69O10P/c1-3-5-7-9-11-13-15-16-17-19-21-23-25-27-29-37(41)47-35(33-46-48(42,43)45-31-34(39)30-38)32-44-36(40)28-26-24-22-20-18-14-12-10-8-6-4-2/h9,11,15-16,34-35,38-39H,3-8,10,12-14,17-33H2,1-2H3,(H,42,43)/b11-9+,16-15+/t34-,35+/m0/s1. The van der Waals surface area contributed by atoms with Crippen molar-refractivity contribution in [3.8, 4) is 0 Å². The zero-order valence-corrected chi connectivity index (χ0v) is 31.1. The van der Waals surface area contributed by atoms with Crippen LogP contribution in [-0.4, -0.2) is 65.7 Å². The second-order valence-corrected chi connectivity index (χ2v) is 14.1. The van der Waals surface area contributed by atoms with Gasteiger partial charge in [0.25, 0.3) is 0 Å². The molecule has 282 valence electrons. The number of rotatable bonds is 35. The van der Waals surface area contributed by atoms with E-state index in [1.165, 1.54) is 57.8 Å². The third-order valence-corrected chi connectivity index (χ3v) is 8.81. The van der Waals surface area contributed by atoms with Gasteiger partial charge in [0.1, 0.15) is 12.7 Å². The quantitative estimate of drug-likeness (QED) is 0.0252. The molecule has 0 aliphatic carbocycles. The maximum absolute atomic E-state index is 12.5. The van der Waals surface area contributed by atoms with E-state index in [1.807, 2.05) is 0 Å². The van der Waals surface area contributed by atoms with Gasteiger partial charge < -0.3 is 24.6 Å². The van der Waals surface area contributed by atoms with Gasteiger partial charge in [0.15, 0.2) is 6.10 Å². The van der Waals surface area contributed by atoms with E-state index in [1.54, 1.807) is 0 Å². The molecule has 0 radical (unpaired) electrons. The Labute approximate surface area is 291 Å². The van der Waals surface area contributed by atoms with E-state index >= 15 is 0 Å². The highest BCUT2D eigenvalue weighted by molar-refractivity contribution is 7.47. The molecule has 1 unspecified atom stereocenters. The number of aliphatic hydroxyl groups excluding tert-OH is 2. The van der Waals surface area contributed by atoms with Crippen molar-refractivity contribution in [2.24, 2.45) is 0 Å². The summed E-state index contributed by atoms with van der Waals surface area (Å²) in [6, 6.07) is 0. The lowest BCUT2D eigenvalue weighted by atomic mass is 10.1. The lowest BCUT2D eigenvalue weighted by Crippen LogP contribution is -2.29. The summed E-state index contributed by atoms with van der Waals surface area (Å²) in [6.45, 7) is 2.30. The van der Waals surface area contributed by atoms with Crippen molar-refractivity contribution in [3.63, 3.8) is 0 Å². The monoisotopic (exact) mass is 704 g/mol. The number of ether oxygens (including phenoxy) is 2. The molecule has 10 nitrogen and oxygen atoms in total. The third kappa shape index (κ3) is 33.0. The summed E-state index contributed by atoms with van der Waals surface area (Å²) in [5, 5.41) is 18.2. The topological polar surface area (TPSA) is 149 Å². The van der Waals surface area contributed by atoms with E-state index in [2.05, 4.69) is 42.7 Å². The summed E-state index contributed by atoms with van der Waals surface area (Å²) in [4.78, 5) is 34.8. The van der Waals surface area contributed by atoms with Crippen LogP contribution in [0.15, 0.2) is 24.3 Å². The predicted molar refractivity (Wildman–Crippen MR) is 191 cm³/mol. The lowest BCUT2D eigenvalue weighted by molar-refractivity contribution is -0.161. The molecule has 0 fully saturated rings. The summed E-state index contributed by atoms with van der Waals surface area (Å²) in [6.07, 6.45) is 30.0. The maximum Gasteiger partial charge on any atom is 0.472 e. The highest BCUT2D eigenvalue weighted by Crippen LogP contribution is 2.43. The van der Waals surface area contributed by atoms with Crippen LogP contribution in [0, 0.1) is 0 Å². The molecule has 0 aromatic rings. The Kier molecular flexibility index (Phi) is 32.8. The minimum atomic E-state index is -4.61. The van der Waals surface area contributed by atoms with Crippen LogP contribution < -0.4 is 0 Å². The number of hydrogen-bond donors (Lipinski definition) is 3. The molecule has 0 rings (SSSR count). The second-order valence-electron chi connectivity index (χ2n) is 12.6. The van der Waals surface area contributed by atoms with Gasteiger partial charge in [-0.25, -0.2) is 4.57 Å². The SMILES string of the molecule is CCCC/C=C/C/C=C/CCCCCCCC(=O)O[C@H](COC(=O)CCCCCCCCCCCCC)COP(=O)(O)OC[C@@H](O)CO. The molecule has 0 heterocycles. The molecule has 3 atom stereocenters. The van der Waals surface area contributed by atoms with Crippen molar-refractivity contribution in [2.45, 2.75) is 174 Å². The molecule has 0 saturated heterocycles. The zero-order chi connectivity index (χ0) is 35.6. The van der Waals surface area contributed by atoms with Crippen molar-refractivity contribution in [2.75, 3.05) is 26.4 Å². The van der Waals surface area contributed by atoms with Crippen LogP contribution >= 0.6 is 7.82 Å². The molecule has 0 aromatic heterocycles. The number of phosphoric ester groups is 1. The van der Waals surface area contributed by atoms with Crippen molar-refractivity contribution in [3.05, 3.63) is 24.3 Å². The van der Waals surface area contributed by atoms with E-state index in [-0.39, 0.29) is 19.4 Å². The van der Waals surface area contributed by atoms with E-state index in [9.17, 15) is 24.2 Å². The predicted octanol–water partition coefficient (Wildman–Crippen LogP) is 9.05. The van der Waals surface area contributed by atoms with E-state index in [0.29, 0.717) is 12.8 Å². The highest BCUT2D eigenvalue weighted by atomic mass is 31.2. The number of hydrogen-bond acceptors (Lipinski definition) is 9. The van der Waals surface area contributed by atoms with Gasteiger partial charge in [-0.05, 0) is 38.5 Å². The van der Waals surface area contributed by atoms with E-state index < -0.39 is 51.8 Å². The van der Waals surface area contributed by atoms with Gasteiger partial charge in [0.2, 0.25) is 0 Å². The Hall–Kier alpha value is -1.55. The van der Waals surface area contributed by atoms with Gasteiger partial charge in [-0.1, -0.05) is 134 Å². The first-order valence-electron chi connectivity index (χ1n) is 18.8. The molecular formula is C37H69O10P. The first kappa shape index (κ1) is 46.5. The first-order valence-corrected chi connectivity index (χ1v) is 20.3. The van der Waals surface area contributed by atoms with Crippen molar-refractivity contribution < 1.29 is 47.8 Å². The molecule has 0 saturated carbocycles. The van der Waals surface area contributed by atoms with Gasteiger partial charge in [-0.2, -0.15) is 0 Å². The van der Waals surface area contributed by atoms with Crippen LogP contribution in [0.2, 0.25) is 0 Å². The van der Waals surface area contributed by atoms with Crippen LogP contribution in [0.5, 0.6) is 0 Å². The summed E-state index contributed by atoms with van der Waals surface area (Å²) in [5.41, 5.74) is 0. The Balaban J connectivity index is 4.40. The smallest absolute Gasteiger partial charge is 0.462 e. The summed E-state index contributed by atoms with van der Waals surface area (Å²) in [5.74, 6) is -0.941. The number of carbonyl (C=O) groups excluding carboxylic acids is 2. The molecular weight excluding hydrogens is 635 g/mol. The van der Waals surface area contributed by atoms with Gasteiger partial charge in [0.05, 0.1) is 19.8 Å². The average Bonchev–Trinajstić information content (AvgIpc) is 3.07. The normalized spacial score (nSPS) is 14.4. The number of phosphoric acid groups is 1. The Morgan fingerprint density at radius 1 is 0.625 bits per heavy atom. The Morgan fingerprint density at radius 3 is 1.67 bits per heavy atom. The number of allylic oxidation sites excluding steroid dienone is 4. The molecule has 0 spiro atoms. The zero-order valence-electron chi connectivity index (χ0n) is 30.2. The van der Waals surface area contributed by atoms with Gasteiger partial charge in [0, 0.05) is 12.8 Å². The van der Waals surface area contributed by atoms with Gasteiger partial charge in [-0.15, -0.1) is 0 Å². The molecule has 0 aromatic carbocycles. The summed E-state index contributed by atoms with van der Waals surface area (Å²) < 4.78 is 32.5. The molecule has 3 N–H and O–H groups in total. The fourth-order valence-corrected chi connectivity index (χ4v) is 5.68. The van der Waals surface area contributed by atoms with Crippen molar-refractivity contribution >= 4 is 19.8 Å². The molecule has 0 bridgehead atoms. The Bertz CT molecular complexity index is 863. The number of esters is 2. The minimum Gasteiger partial charge on any atom is -0.462 e. The molecule has 0 amide bonds. The second kappa shape index (κ2) is 33.9. The third-order valence-electron chi connectivity index (χ3n) is 7.86. The summed E-state index contributed by atoms with van der Waals surface area (Å²) in [7, 11) is -4.61. The van der Waals surface area contributed by atoms with Gasteiger partial charge in [-0.3, -0.25) is 18.6 Å². The number of carbonyl (C=O) groups is 2. The Morgan fingerprint density at radius 2 is 1.10 bits per heavy atom. The van der Waals surface area contributed by atoms with Crippen molar-refractivity contribution in [1.82, 2.24) is 0 Å². The molecule has 48 heavy (non-hydrogen) atoms. The average molecular weight is 705 g/mol. The summed E-state index contributed by atoms with van der Waals surface area (Å²) >= 11 is 0. The van der Waals surface area contributed by atoms with Crippen molar-refractivity contribution in [1.29, 1.82) is 0 Å². The fraction of sp³-hybridized carbons (Fsp3) is 0.838. The highest BCUT2D eigenvalue weighted by Gasteiger charge is 2.27. The first-order chi connectivity index (χ1) is 23.2. The maximum atomic E-state index is 12.5. The number of unbranched alkanes of at least 4 members (excludes halogenated alkanes) is 17. The van der Waals surface area contributed by atoms with Gasteiger partial charge >= 0.3 is 19.8 Å². The molecule has 0 aliphatic rings. The minimum absolute atomic E-state index is 0.170. The fourth-order valence-electron chi connectivity index (χ4n) is 4.89. The van der Waals surface area contributed by atoms with Crippen LogP contribution in [-0.2, 0) is 32.7 Å². The largest absolute Gasteiger partial charge is 0.472 e. The lowest BCUT2D eigenvalue weighted by Gasteiger charge is -2.20. The van der Waals surface area contributed by atoms with Crippen LogP contribution in [0.3, 0.4) is 0 Å². The van der Waals surface area contributed by atoms with E-state index in [0.717, 1.165) is 64.2 Å². The number of aliphatic hydroxyl groups is 2. The molecule has 0 aliphatic heterocycles. The van der Waals surface area contributed by atoms with E-state index in [4.69, 9.17) is 19.1 Å². The van der Waals surface area contributed by atoms with Crippen LogP contribution in [0.4, 0.5) is 0 Å². The van der Waals surface area contributed by atoms with Crippen LogP contribution in [0.1, 0.15) is 162 Å². The molecule has 11 heteroatoms.